The van der Waals surface area contributed by atoms with E-state index in [1.54, 1.807) is 23.5 Å². The normalized spacial score (nSPS) is 9.82. The highest BCUT2D eigenvalue weighted by Gasteiger charge is 2.05. The van der Waals surface area contributed by atoms with E-state index in [-0.39, 0.29) is 0 Å². The largest absolute Gasteiger partial charge is 0.462 e. The van der Waals surface area contributed by atoms with Crippen molar-refractivity contribution in [3.05, 3.63) is 49.6 Å². The predicted molar refractivity (Wildman–Crippen MR) is 90.2 cm³/mol. The molecule has 0 bridgehead atoms. The fourth-order valence-corrected chi connectivity index (χ4v) is 3.29. The van der Waals surface area contributed by atoms with E-state index in [1.165, 1.54) is 0 Å². The topological polar surface area (TPSA) is 52.6 Å². The van der Waals surface area contributed by atoms with E-state index in [2.05, 4.69) is 13.2 Å². The molecule has 1 rings (SSSR count). The number of hydrogen-bond acceptors (Lipinski definition) is 6. The third kappa shape index (κ3) is 7.38. The Labute approximate surface area is 138 Å². The molecule has 0 saturated carbocycles. The Morgan fingerprint density at radius 1 is 0.909 bits per heavy atom. The summed E-state index contributed by atoms with van der Waals surface area (Å²) < 4.78 is 9.88. The van der Waals surface area contributed by atoms with Gasteiger partial charge in [-0.1, -0.05) is 25.3 Å². The SMILES string of the molecule is C=CC(=O)OCCSc1ccccc1SCCOC(=O)C=C. The molecule has 22 heavy (non-hydrogen) atoms. The highest BCUT2D eigenvalue weighted by atomic mass is 32.2. The third-order valence-electron chi connectivity index (χ3n) is 2.35. The zero-order valence-corrected chi connectivity index (χ0v) is 13.8. The van der Waals surface area contributed by atoms with Gasteiger partial charge in [-0.2, -0.15) is 0 Å². The monoisotopic (exact) mass is 338 g/mol. The minimum atomic E-state index is -0.410. The molecule has 1 aromatic rings. The zero-order valence-electron chi connectivity index (χ0n) is 12.2. The van der Waals surface area contributed by atoms with Crippen LogP contribution in [0.1, 0.15) is 0 Å². The Hall–Kier alpha value is -1.66. The van der Waals surface area contributed by atoms with E-state index in [0.29, 0.717) is 24.7 Å². The van der Waals surface area contributed by atoms with Crippen LogP contribution in [0.25, 0.3) is 0 Å². The van der Waals surface area contributed by atoms with Gasteiger partial charge in [0, 0.05) is 33.4 Å². The molecule has 0 amide bonds. The maximum Gasteiger partial charge on any atom is 0.330 e. The van der Waals surface area contributed by atoms with E-state index in [1.807, 2.05) is 24.3 Å². The lowest BCUT2D eigenvalue weighted by Gasteiger charge is -2.09. The summed E-state index contributed by atoms with van der Waals surface area (Å²) in [5, 5.41) is 0. The van der Waals surface area contributed by atoms with Crippen LogP contribution >= 0.6 is 23.5 Å². The van der Waals surface area contributed by atoms with Crippen LogP contribution < -0.4 is 0 Å². The van der Waals surface area contributed by atoms with Crippen molar-refractivity contribution in [1.82, 2.24) is 0 Å². The van der Waals surface area contributed by atoms with E-state index < -0.39 is 11.9 Å². The summed E-state index contributed by atoms with van der Waals surface area (Å²) in [4.78, 5) is 24.1. The second-order valence-electron chi connectivity index (χ2n) is 3.89. The Bertz CT molecular complexity index is 482. The standard InChI is InChI=1S/C16H18O4S2/c1-3-15(17)19-9-11-21-13-7-5-6-8-14(13)22-12-10-20-16(18)4-2/h3-8H,1-2,9-12H2. The molecule has 0 radical (unpaired) electrons. The molecular formula is C16H18O4S2. The van der Waals surface area contributed by atoms with Gasteiger partial charge in [0.15, 0.2) is 0 Å². The summed E-state index contributed by atoms with van der Waals surface area (Å²) in [7, 11) is 0. The first-order valence-corrected chi connectivity index (χ1v) is 8.57. The summed E-state index contributed by atoms with van der Waals surface area (Å²) in [6.45, 7) is 7.37. The Kier molecular flexibility index (Phi) is 9.18. The van der Waals surface area contributed by atoms with Crippen molar-refractivity contribution in [2.24, 2.45) is 0 Å². The van der Waals surface area contributed by atoms with Crippen LogP contribution in [-0.4, -0.2) is 36.7 Å². The molecule has 0 aliphatic heterocycles. The summed E-state index contributed by atoms with van der Waals surface area (Å²) in [6.07, 6.45) is 2.30. The van der Waals surface area contributed by atoms with Gasteiger partial charge in [-0.15, -0.1) is 23.5 Å². The van der Waals surface area contributed by atoms with Gasteiger partial charge in [0.25, 0.3) is 0 Å². The molecule has 118 valence electrons. The lowest BCUT2D eigenvalue weighted by atomic mass is 10.4. The molecule has 0 saturated heterocycles. The van der Waals surface area contributed by atoms with Gasteiger partial charge in [-0.05, 0) is 12.1 Å². The van der Waals surface area contributed by atoms with Crippen molar-refractivity contribution < 1.29 is 19.1 Å². The minimum absolute atomic E-state index is 0.339. The number of hydrogen-bond donors (Lipinski definition) is 0. The Balaban J connectivity index is 2.37. The number of carbonyl (C=O) groups is 2. The summed E-state index contributed by atoms with van der Waals surface area (Å²) >= 11 is 3.22. The Morgan fingerprint density at radius 3 is 1.68 bits per heavy atom. The molecule has 0 N–H and O–H groups in total. The second kappa shape index (κ2) is 11.0. The van der Waals surface area contributed by atoms with Crippen LogP contribution in [0.5, 0.6) is 0 Å². The van der Waals surface area contributed by atoms with Gasteiger partial charge in [0.05, 0.1) is 0 Å². The number of thioether (sulfide) groups is 2. The fourth-order valence-electron chi connectivity index (χ4n) is 1.39. The maximum absolute atomic E-state index is 10.9. The van der Waals surface area contributed by atoms with Crippen molar-refractivity contribution in [1.29, 1.82) is 0 Å². The van der Waals surface area contributed by atoms with E-state index in [0.717, 1.165) is 21.9 Å². The van der Waals surface area contributed by atoms with Crippen molar-refractivity contribution in [3.63, 3.8) is 0 Å². The van der Waals surface area contributed by atoms with Crippen LogP contribution in [0, 0.1) is 0 Å². The second-order valence-corrected chi connectivity index (χ2v) is 6.16. The van der Waals surface area contributed by atoms with Crippen molar-refractivity contribution in [2.75, 3.05) is 24.7 Å². The Morgan fingerprint density at radius 2 is 1.32 bits per heavy atom. The van der Waals surface area contributed by atoms with Crippen LogP contribution in [0.4, 0.5) is 0 Å². The van der Waals surface area contributed by atoms with E-state index in [4.69, 9.17) is 9.47 Å². The fraction of sp³-hybridized carbons (Fsp3) is 0.250. The number of carbonyl (C=O) groups excluding carboxylic acids is 2. The molecule has 0 aliphatic carbocycles. The van der Waals surface area contributed by atoms with Crippen molar-refractivity contribution in [2.45, 2.75) is 9.79 Å². The van der Waals surface area contributed by atoms with Gasteiger partial charge < -0.3 is 9.47 Å². The van der Waals surface area contributed by atoms with Crippen LogP contribution in [0.15, 0.2) is 59.4 Å². The number of esters is 2. The van der Waals surface area contributed by atoms with Crippen molar-refractivity contribution >= 4 is 35.5 Å². The number of rotatable bonds is 10. The van der Waals surface area contributed by atoms with Gasteiger partial charge in [0.1, 0.15) is 13.2 Å². The smallest absolute Gasteiger partial charge is 0.330 e. The summed E-state index contributed by atoms with van der Waals surface area (Å²) in [5.74, 6) is 0.519. The van der Waals surface area contributed by atoms with E-state index in [9.17, 15) is 9.59 Å². The van der Waals surface area contributed by atoms with Gasteiger partial charge >= 0.3 is 11.9 Å². The highest BCUT2D eigenvalue weighted by Crippen LogP contribution is 2.30. The summed E-state index contributed by atoms with van der Waals surface area (Å²) in [5.41, 5.74) is 0. The average Bonchev–Trinajstić information content (AvgIpc) is 2.56. The van der Waals surface area contributed by atoms with Gasteiger partial charge in [0.2, 0.25) is 0 Å². The van der Waals surface area contributed by atoms with Gasteiger partial charge in [-0.25, -0.2) is 9.59 Å². The predicted octanol–water partition coefficient (Wildman–Crippen LogP) is 3.33. The lowest BCUT2D eigenvalue weighted by molar-refractivity contribution is -0.138. The first-order chi connectivity index (χ1) is 10.7. The zero-order chi connectivity index (χ0) is 16.2. The molecule has 1 aromatic carbocycles. The molecule has 4 nitrogen and oxygen atoms in total. The average molecular weight is 338 g/mol. The molecular weight excluding hydrogens is 320 g/mol. The highest BCUT2D eigenvalue weighted by molar-refractivity contribution is 8.02. The van der Waals surface area contributed by atoms with Crippen LogP contribution in [-0.2, 0) is 19.1 Å². The maximum atomic E-state index is 10.9. The van der Waals surface area contributed by atoms with Gasteiger partial charge in [-0.3, -0.25) is 0 Å². The minimum Gasteiger partial charge on any atom is -0.462 e. The van der Waals surface area contributed by atoms with Crippen molar-refractivity contribution in [3.8, 4) is 0 Å². The van der Waals surface area contributed by atoms with Crippen LogP contribution in [0.3, 0.4) is 0 Å². The third-order valence-corrected chi connectivity index (χ3v) is 4.56. The first kappa shape index (κ1) is 18.4. The number of ether oxygens (including phenoxy) is 2. The van der Waals surface area contributed by atoms with Crippen LogP contribution in [0.2, 0.25) is 0 Å². The molecule has 0 atom stereocenters. The van der Waals surface area contributed by atoms with E-state index >= 15 is 0 Å². The molecule has 0 heterocycles. The molecule has 0 aliphatic rings. The quantitative estimate of drug-likeness (QED) is 0.282. The number of benzene rings is 1. The molecule has 0 unspecified atom stereocenters. The molecule has 0 aromatic heterocycles. The molecule has 0 fully saturated rings. The first-order valence-electron chi connectivity index (χ1n) is 6.60. The molecule has 0 spiro atoms. The lowest BCUT2D eigenvalue weighted by Crippen LogP contribution is -2.04. The summed E-state index contributed by atoms with van der Waals surface area (Å²) in [6, 6.07) is 7.94. The molecule has 6 heteroatoms.